The van der Waals surface area contributed by atoms with Crippen LogP contribution in [0, 0.1) is 23.0 Å². The number of carbonyl (C=O) groups is 2. The van der Waals surface area contributed by atoms with Gasteiger partial charge in [-0.2, -0.15) is 0 Å². The van der Waals surface area contributed by atoms with E-state index in [-0.39, 0.29) is 23.4 Å². The minimum absolute atomic E-state index is 0.0159. The molecule has 0 bridgehead atoms. The predicted molar refractivity (Wildman–Crippen MR) is 78.6 cm³/mol. The lowest BCUT2D eigenvalue weighted by molar-refractivity contribution is -0.131. The third-order valence-corrected chi connectivity index (χ3v) is 5.79. The Kier molecular flexibility index (Phi) is 3.18. The first-order chi connectivity index (χ1) is 11.0. The van der Waals surface area contributed by atoms with Crippen molar-refractivity contribution in [3.63, 3.8) is 0 Å². The highest BCUT2D eigenvalue weighted by Crippen LogP contribution is 2.53. The van der Waals surface area contributed by atoms with E-state index < -0.39 is 23.0 Å². The van der Waals surface area contributed by atoms with Gasteiger partial charge in [-0.25, -0.2) is 8.78 Å². The molecule has 1 aromatic rings. The summed E-state index contributed by atoms with van der Waals surface area (Å²) < 4.78 is 27.4. The molecule has 2 aliphatic heterocycles. The van der Waals surface area contributed by atoms with Gasteiger partial charge in [-0.15, -0.1) is 0 Å². The lowest BCUT2D eigenvalue weighted by atomic mass is 9.67. The first-order valence-electron chi connectivity index (χ1n) is 8.08. The van der Waals surface area contributed by atoms with Gasteiger partial charge in [0.2, 0.25) is 5.91 Å². The second kappa shape index (κ2) is 5.01. The van der Waals surface area contributed by atoms with Gasteiger partial charge in [0.25, 0.3) is 5.91 Å². The van der Waals surface area contributed by atoms with Crippen molar-refractivity contribution in [3.05, 3.63) is 35.4 Å². The molecule has 4 nitrogen and oxygen atoms in total. The van der Waals surface area contributed by atoms with Crippen LogP contribution in [0.3, 0.4) is 0 Å². The molecule has 0 unspecified atom stereocenters. The number of carbonyl (C=O) groups excluding carboxylic acids is 2. The Morgan fingerprint density at radius 3 is 2.96 bits per heavy atom. The van der Waals surface area contributed by atoms with Crippen LogP contribution in [0.2, 0.25) is 0 Å². The van der Waals surface area contributed by atoms with Crippen LogP contribution in [0.1, 0.15) is 36.0 Å². The summed E-state index contributed by atoms with van der Waals surface area (Å²) in [5, 5.41) is 2.92. The molecule has 1 saturated carbocycles. The smallest absolute Gasteiger partial charge is 0.257 e. The first-order valence-corrected chi connectivity index (χ1v) is 8.08. The SMILES string of the molecule is O=C(c1cc(F)ccc1F)N1C[C@H]2CNC(=O)[C@]23CCCC[C@@H]13. The summed E-state index contributed by atoms with van der Waals surface area (Å²) >= 11 is 0. The van der Waals surface area contributed by atoms with Gasteiger partial charge in [0.15, 0.2) is 0 Å². The Hall–Kier alpha value is -1.98. The fourth-order valence-electron chi connectivity index (χ4n) is 4.74. The molecule has 4 rings (SSSR count). The van der Waals surface area contributed by atoms with Gasteiger partial charge < -0.3 is 10.2 Å². The third kappa shape index (κ3) is 1.93. The zero-order valence-corrected chi connectivity index (χ0v) is 12.6. The molecule has 122 valence electrons. The van der Waals surface area contributed by atoms with E-state index in [1.165, 1.54) is 0 Å². The van der Waals surface area contributed by atoms with E-state index in [4.69, 9.17) is 0 Å². The molecule has 2 amide bonds. The van der Waals surface area contributed by atoms with Crippen LogP contribution in [-0.4, -0.2) is 35.8 Å². The largest absolute Gasteiger partial charge is 0.355 e. The first kappa shape index (κ1) is 14.6. The summed E-state index contributed by atoms with van der Waals surface area (Å²) in [5.74, 6) is -1.77. The quantitative estimate of drug-likeness (QED) is 0.861. The Morgan fingerprint density at radius 1 is 1.30 bits per heavy atom. The van der Waals surface area contributed by atoms with Crippen LogP contribution < -0.4 is 5.32 Å². The molecule has 1 aliphatic carbocycles. The Labute approximate surface area is 132 Å². The molecule has 1 spiro atoms. The second-order valence-corrected chi connectivity index (χ2v) is 6.79. The van der Waals surface area contributed by atoms with Gasteiger partial charge in [0.1, 0.15) is 11.6 Å². The summed E-state index contributed by atoms with van der Waals surface area (Å²) in [4.78, 5) is 26.9. The molecule has 0 aromatic heterocycles. The van der Waals surface area contributed by atoms with Crippen molar-refractivity contribution in [3.8, 4) is 0 Å². The molecule has 3 aliphatic rings. The van der Waals surface area contributed by atoms with Crippen molar-refractivity contribution in [2.75, 3.05) is 13.1 Å². The monoisotopic (exact) mass is 320 g/mol. The van der Waals surface area contributed by atoms with E-state index >= 15 is 0 Å². The van der Waals surface area contributed by atoms with E-state index in [1.54, 1.807) is 4.90 Å². The fourth-order valence-corrected chi connectivity index (χ4v) is 4.74. The number of amides is 2. The van der Waals surface area contributed by atoms with Crippen LogP contribution in [-0.2, 0) is 4.79 Å². The number of benzene rings is 1. The van der Waals surface area contributed by atoms with E-state index in [9.17, 15) is 18.4 Å². The molecule has 2 saturated heterocycles. The maximum atomic E-state index is 14.0. The average Bonchev–Trinajstić information content (AvgIpc) is 3.04. The van der Waals surface area contributed by atoms with Gasteiger partial charge in [-0.3, -0.25) is 9.59 Å². The highest BCUT2D eigenvalue weighted by Gasteiger charge is 2.63. The lowest BCUT2D eigenvalue weighted by Gasteiger charge is -2.39. The zero-order valence-electron chi connectivity index (χ0n) is 12.6. The summed E-state index contributed by atoms with van der Waals surface area (Å²) in [6.45, 7) is 0.989. The molecular formula is C17H18F2N2O2. The Morgan fingerprint density at radius 2 is 2.13 bits per heavy atom. The number of likely N-dealkylation sites (tertiary alicyclic amines) is 1. The molecule has 1 N–H and O–H groups in total. The van der Waals surface area contributed by atoms with Crippen molar-refractivity contribution in [1.82, 2.24) is 10.2 Å². The van der Waals surface area contributed by atoms with Crippen molar-refractivity contribution < 1.29 is 18.4 Å². The highest BCUT2D eigenvalue weighted by molar-refractivity contribution is 5.97. The zero-order chi connectivity index (χ0) is 16.2. The summed E-state index contributed by atoms with van der Waals surface area (Å²) in [7, 11) is 0. The van der Waals surface area contributed by atoms with Crippen molar-refractivity contribution in [2.24, 2.45) is 11.3 Å². The van der Waals surface area contributed by atoms with Crippen LogP contribution in [0.4, 0.5) is 8.78 Å². The molecule has 23 heavy (non-hydrogen) atoms. The van der Waals surface area contributed by atoms with Crippen LogP contribution in [0.5, 0.6) is 0 Å². The predicted octanol–water partition coefficient (Wildman–Crippen LogP) is 2.10. The molecule has 3 atom stereocenters. The van der Waals surface area contributed by atoms with Crippen molar-refractivity contribution >= 4 is 11.8 Å². The highest BCUT2D eigenvalue weighted by atomic mass is 19.1. The van der Waals surface area contributed by atoms with E-state index in [2.05, 4.69) is 5.32 Å². The minimum Gasteiger partial charge on any atom is -0.355 e. The normalized spacial score (nSPS) is 32.4. The Balaban J connectivity index is 1.71. The van der Waals surface area contributed by atoms with E-state index in [0.29, 0.717) is 13.1 Å². The Bertz CT molecular complexity index is 693. The second-order valence-electron chi connectivity index (χ2n) is 6.79. The summed E-state index contributed by atoms with van der Waals surface area (Å²) in [5.41, 5.74) is -0.774. The minimum atomic E-state index is -0.720. The molecule has 3 fully saturated rings. The maximum Gasteiger partial charge on any atom is 0.257 e. The van der Waals surface area contributed by atoms with Crippen LogP contribution in [0.15, 0.2) is 18.2 Å². The summed E-state index contributed by atoms with van der Waals surface area (Å²) in [6.07, 6.45) is 3.43. The maximum absolute atomic E-state index is 14.0. The van der Waals surface area contributed by atoms with Gasteiger partial charge >= 0.3 is 0 Å². The average molecular weight is 320 g/mol. The van der Waals surface area contributed by atoms with Crippen LogP contribution in [0.25, 0.3) is 0 Å². The number of nitrogens with one attached hydrogen (secondary N) is 1. The van der Waals surface area contributed by atoms with Gasteiger partial charge in [0, 0.05) is 25.0 Å². The van der Waals surface area contributed by atoms with Gasteiger partial charge in [0.05, 0.1) is 11.0 Å². The number of hydrogen-bond acceptors (Lipinski definition) is 2. The number of hydrogen-bond donors (Lipinski definition) is 1. The molecule has 0 radical (unpaired) electrons. The lowest BCUT2D eigenvalue weighted by Crippen LogP contribution is -2.50. The van der Waals surface area contributed by atoms with E-state index in [0.717, 1.165) is 43.9 Å². The molecule has 2 heterocycles. The number of halogens is 2. The van der Waals surface area contributed by atoms with Gasteiger partial charge in [-0.1, -0.05) is 12.8 Å². The van der Waals surface area contributed by atoms with E-state index in [1.807, 2.05) is 0 Å². The third-order valence-electron chi connectivity index (χ3n) is 5.79. The standard InChI is InChI=1S/C17H18F2N2O2/c18-11-4-5-13(19)12(7-11)15(22)21-9-10-8-20-16(23)17(10)6-2-1-3-14(17)21/h4-5,7,10,14H,1-3,6,8-9H2,(H,20,23)/t10-,14-,17-/m1/s1. The number of rotatable bonds is 1. The van der Waals surface area contributed by atoms with Crippen LogP contribution >= 0.6 is 0 Å². The summed E-state index contributed by atoms with van der Waals surface area (Å²) in [6, 6.07) is 2.71. The molecular weight excluding hydrogens is 302 g/mol. The van der Waals surface area contributed by atoms with Crippen molar-refractivity contribution in [1.29, 1.82) is 0 Å². The molecule has 6 heteroatoms. The fraction of sp³-hybridized carbons (Fsp3) is 0.529. The number of nitrogens with zero attached hydrogens (tertiary/aromatic N) is 1. The van der Waals surface area contributed by atoms with Gasteiger partial charge in [-0.05, 0) is 31.0 Å². The topological polar surface area (TPSA) is 49.4 Å². The van der Waals surface area contributed by atoms with Crippen molar-refractivity contribution in [2.45, 2.75) is 31.7 Å². The molecule has 1 aromatic carbocycles.